The molecule has 2 nitrogen and oxygen atoms in total. The Morgan fingerprint density at radius 1 is 1.10 bits per heavy atom. The Labute approximate surface area is 120 Å². The summed E-state index contributed by atoms with van der Waals surface area (Å²) in [4.78, 5) is 0. The van der Waals surface area contributed by atoms with Crippen LogP contribution in [0, 0.1) is 17.6 Å². The first-order valence-electron chi connectivity index (χ1n) is 7.29. The molecular weight excluding hydrogens is 260 g/mol. The van der Waals surface area contributed by atoms with E-state index in [9.17, 15) is 8.78 Å². The zero-order valence-electron chi connectivity index (χ0n) is 12.8. The highest BCUT2D eigenvalue weighted by atomic mass is 19.1. The molecule has 1 unspecified atom stereocenters. The van der Waals surface area contributed by atoms with Crippen LogP contribution in [-0.4, -0.2) is 14.2 Å². The van der Waals surface area contributed by atoms with Crippen molar-refractivity contribution in [1.29, 1.82) is 0 Å². The Balaban J connectivity index is 3.16. The molecule has 1 aromatic rings. The van der Waals surface area contributed by atoms with E-state index in [0.717, 1.165) is 25.7 Å². The fourth-order valence-corrected chi connectivity index (χ4v) is 2.81. The molecule has 0 aliphatic rings. The van der Waals surface area contributed by atoms with Gasteiger partial charge in [-0.2, -0.15) is 0 Å². The molecule has 4 heteroatoms. The molecule has 0 radical (unpaired) electrons. The van der Waals surface area contributed by atoms with E-state index in [0.29, 0.717) is 0 Å². The third kappa shape index (κ3) is 3.92. The quantitative estimate of drug-likeness (QED) is 0.762. The molecule has 0 saturated carbocycles. The van der Waals surface area contributed by atoms with E-state index in [1.165, 1.54) is 19.2 Å². The Kier molecular flexibility index (Phi) is 6.93. The lowest BCUT2D eigenvalue weighted by Crippen LogP contribution is -2.27. The predicted molar refractivity (Wildman–Crippen MR) is 78.0 cm³/mol. The van der Waals surface area contributed by atoms with Crippen LogP contribution in [-0.2, 0) is 0 Å². The van der Waals surface area contributed by atoms with Gasteiger partial charge in [0.05, 0.1) is 7.11 Å². The summed E-state index contributed by atoms with van der Waals surface area (Å²) in [6, 6.07) is 2.19. The summed E-state index contributed by atoms with van der Waals surface area (Å²) in [5, 5.41) is 3.09. The van der Waals surface area contributed by atoms with E-state index in [4.69, 9.17) is 4.74 Å². The fourth-order valence-electron chi connectivity index (χ4n) is 2.81. The van der Waals surface area contributed by atoms with Crippen molar-refractivity contribution >= 4 is 0 Å². The van der Waals surface area contributed by atoms with Gasteiger partial charge in [0, 0.05) is 23.7 Å². The zero-order chi connectivity index (χ0) is 15.1. The minimum absolute atomic E-state index is 0.125. The van der Waals surface area contributed by atoms with Gasteiger partial charge < -0.3 is 10.1 Å². The van der Waals surface area contributed by atoms with Gasteiger partial charge in [-0.15, -0.1) is 0 Å². The van der Waals surface area contributed by atoms with Gasteiger partial charge in [-0.05, 0) is 25.8 Å². The molecule has 1 aromatic carbocycles. The molecular formula is C16H25F2NO. The van der Waals surface area contributed by atoms with E-state index in [1.54, 1.807) is 7.05 Å². The molecule has 20 heavy (non-hydrogen) atoms. The lowest BCUT2D eigenvalue weighted by molar-refractivity contribution is 0.313. The maximum Gasteiger partial charge on any atom is 0.134 e. The number of nitrogens with one attached hydrogen (secondary N) is 1. The van der Waals surface area contributed by atoms with Crippen LogP contribution >= 0.6 is 0 Å². The van der Waals surface area contributed by atoms with Gasteiger partial charge >= 0.3 is 0 Å². The number of hydrogen-bond donors (Lipinski definition) is 1. The zero-order valence-corrected chi connectivity index (χ0v) is 12.8. The predicted octanol–water partition coefficient (Wildman–Crippen LogP) is 4.45. The molecule has 0 saturated heterocycles. The fraction of sp³-hybridized carbons (Fsp3) is 0.625. The standard InChI is InChI=1S/C16H25F2NO/c1-5-7-11(8-6-2)16(19-3)15-13(17)9-12(20-4)10-14(15)18/h9-11,16,19H,5-8H2,1-4H3. The second kappa shape index (κ2) is 8.20. The summed E-state index contributed by atoms with van der Waals surface area (Å²) >= 11 is 0. The van der Waals surface area contributed by atoms with Crippen LogP contribution in [0.25, 0.3) is 0 Å². The van der Waals surface area contributed by atoms with Gasteiger partial charge in [0.15, 0.2) is 0 Å². The molecule has 1 N–H and O–H groups in total. The lowest BCUT2D eigenvalue weighted by Gasteiger charge is -2.27. The van der Waals surface area contributed by atoms with E-state index < -0.39 is 11.6 Å². The highest BCUT2D eigenvalue weighted by Gasteiger charge is 2.26. The Bertz CT molecular complexity index is 394. The summed E-state index contributed by atoms with van der Waals surface area (Å²) in [7, 11) is 3.16. The number of benzene rings is 1. The first-order valence-corrected chi connectivity index (χ1v) is 7.29. The van der Waals surface area contributed by atoms with E-state index in [1.807, 2.05) is 0 Å². The summed E-state index contributed by atoms with van der Waals surface area (Å²) in [5.41, 5.74) is 0.125. The van der Waals surface area contributed by atoms with Crippen LogP contribution in [0.4, 0.5) is 8.78 Å². The molecule has 1 atom stereocenters. The van der Waals surface area contributed by atoms with Gasteiger partial charge in [0.2, 0.25) is 0 Å². The summed E-state index contributed by atoms with van der Waals surface area (Å²) in [5.74, 6) is -0.648. The van der Waals surface area contributed by atoms with E-state index in [2.05, 4.69) is 19.2 Å². The van der Waals surface area contributed by atoms with Crippen LogP contribution < -0.4 is 10.1 Å². The smallest absolute Gasteiger partial charge is 0.134 e. The van der Waals surface area contributed by atoms with Gasteiger partial charge in [-0.3, -0.25) is 0 Å². The largest absolute Gasteiger partial charge is 0.497 e. The molecule has 0 aliphatic carbocycles. The van der Waals surface area contributed by atoms with Crippen molar-refractivity contribution in [1.82, 2.24) is 5.32 Å². The van der Waals surface area contributed by atoms with Gasteiger partial charge in [-0.25, -0.2) is 8.78 Å². The number of halogens is 2. The Morgan fingerprint density at radius 3 is 1.95 bits per heavy atom. The molecule has 0 bridgehead atoms. The molecule has 114 valence electrons. The third-order valence-electron chi connectivity index (χ3n) is 3.70. The Hall–Kier alpha value is -1.16. The number of methoxy groups -OCH3 is 1. The molecule has 0 heterocycles. The van der Waals surface area contributed by atoms with Crippen LogP contribution in [0.15, 0.2) is 12.1 Å². The lowest BCUT2D eigenvalue weighted by atomic mass is 9.85. The van der Waals surface area contributed by atoms with Crippen LogP contribution in [0.3, 0.4) is 0 Å². The van der Waals surface area contributed by atoms with Crippen LogP contribution in [0.5, 0.6) is 5.75 Å². The third-order valence-corrected chi connectivity index (χ3v) is 3.70. The van der Waals surface area contributed by atoms with Gasteiger partial charge in [0.1, 0.15) is 17.4 Å². The second-order valence-electron chi connectivity index (χ2n) is 5.11. The first-order chi connectivity index (χ1) is 9.58. The number of ether oxygens (including phenoxy) is 1. The number of hydrogen-bond acceptors (Lipinski definition) is 2. The maximum absolute atomic E-state index is 14.2. The van der Waals surface area contributed by atoms with Gasteiger partial charge in [0.25, 0.3) is 0 Å². The number of rotatable bonds is 8. The summed E-state index contributed by atoms with van der Waals surface area (Å²) in [6.07, 6.45) is 3.90. The molecule has 0 amide bonds. The summed E-state index contributed by atoms with van der Waals surface area (Å²) in [6.45, 7) is 4.19. The van der Waals surface area contributed by atoms with Crippen molar-refractivity contribution in [2.24, 2.45) is 5.92 Å². The maximum atomic E-state index is 14.2. The Morgan fingerprint density at radius 2 is 1.60 bits per heavy atom. The average Bonchev–Trinajstić information content (AvgIpc) is 2.42. The molecule has 0 spiro atoms. The SMILES string of the molecule is CCCC(CCC)C(NC)c1c(F)cc(OC)cc1F. The molecule has 1 rings (SSSR count). The van der Waals surface area contributed by atoms with Crippen molar-refractivity contribution in [2.45, 2.75) is 45.6 Å². The topological polar surface area (TPSA) is 21.3 Å². The minimum Gasteiger partial charge on any atom is -0.497 e. The molecule has 0 aliphatic heterocycles. The summed E-state index contributed by atoms with van der Waals surface area (Å²) < 4.78 is 33.3. The van der Waals surface area contributed by atoms with Crippen molar-refractivity contribution in [2.75, 3.05) is 14.2 Å². The van der Waals surface area contributed by atoms with Crippen molar-refractivity contribution in [3.05, 3.63) is 29.3 Å². The normalized spacial score (nSPS) is 12.8. The molecule has 0 aromatic heterocycles. The van der Waals surface area contributed by atoms with E-state index in [-0.39, 0.29) is 23.3 Å². The highest BCUT2D eigenvalue weighted by Crippen LogP contribution is 2.34. The van der Waals surface area contributed by atoms with Crippen molar-refractivity contribution < 1.29 is 13.5 Å². The minimum atomic E-state index is -0.543. The van der Waals surface area contributed by atoms with Crippen LogP contribution in [0.1, 0.15) is 51.1 Å². The molecule has 0 fully saturated rings. The van der Waals surface area contributed by atoms with E-state index >= 15 is 0 Å². The first kappa shape index (κ1) is 16.9. The van der Waals surface area contributed by atoms with Gasteiger partial charge in [-0.1, -0.05) is 26.7 Å². The second-order valence-corrected chi connectivity index (χ2v) is 5.11. The highest BCUT2D eigenvalue weighted by molar-refractivity contribution is 5.32. The van der Waals surface area contributed by atoms with Crippen LogP contribution in [0.2, 0.25) is 0 Å². The average molecular weight is 285 g/mol. The van der Waals surface area contributed by atoms with Crippen molar-refractivity contribution in [3.63, 3.8) is 0 Å². The van der Waals surface area contributed by atoms with Crippen molar-refractivity contribution in [3.8, 4) is 5.75 Å². The monoisotopic (exact) mass is 285 g/mol.